The lowest BCUT2D eigenvalue weighted by atomic mass is 10.0. The van der Waals surface area contributed by atoms with Gasteiger partial charge in [0.25, 0.3) is 0 Å². The fourth-order valence-corrected chi connectivity index (χ4v) is 6.32. The molecule has 0 unspecified atom stereocenters. The quantitative estimate of drug-likeness (QED) is 0.313. The van der Waals surface area contributed by atoms with Gasteiger partial charge in [-0.3, -0.25) is 14.5 Å². The van der Waals surface area contributed by atoms with E-state index in [1.165, 1.54) is 12.4 Å². The van der Waals surface area contributed by atoms with Crippen molar-refractivity contribution in [3.8, 4) is 11.5 Å². The summed E-state index contributed by atoms with van der Waals surface area (Å²) in [7, 11) is 3.30. The molecular formula is C33H41N7O5. The molecule has 2 aromatic carbocycles. The van der Waals surface area contributed by atoms with Gasteiger partial charge in [-0.15, -0.1) is 0 Å². The number of ether oxygens (including phenoxy) is 3. The standard InChI is InChI=1S/C33H41N7O5/c1-4-33(41)37-26-19-27(30(43-3)20-29(26)39-11-8-24(9-12-39)38-13-16-44-17-14-38)36-31-21-32(35-22-34-31)40-28(10-15-45-40)23-6-5-7-25(18-23)42-2/h4-7,18-22,24,28H,1,8-17H2,2-3H3,(H,37,41)(H,34,35,36)/t28-/m1/s1. The molecular weight excluding hydrogens is 574 g/mol. The number of carbonyl (C=O) groups is 1. The normalized spacial score (nSPS) is 19.3. The first kappa shape index (κ1) is 30.6. The molecule has 0 spiro atoms. The molecule has 3 aliphatic heterocycles. The van der Waals surface area contributed by atoms with E-state index in [9.17, 15) is 4.79 Å². The van der Waals surface area contributed by atoms with Gasteiger partial charge in [0, 0.05) is 50.8 Å². The van der Waals surface area contributed by atoms with Gasteiger partial charge >= 0.3 is 0 Å². The number of carbonyl (C=O) groups excluding carboxylic acids is 1. The third-order valence-electron chi connectivity index (χ3n) is 8.65. The molecule has 2 N–H and O–H groups in total. The zero-order valence-corrected chi connectivity index (χ0v) is 25.9. The van der Waals surface area contributed by atoms with E-state index in [-0.39, 0.29) is 11.9 Å². The summed E-state index contributed by atoms with van der Waals surface area (Å²) in [6, 6.07) is 14.2. The monoisotopic (exact) mass is 615 g/mol. The summed E-state index contributed by atoms with van der Waals surface area (Å²) in [5.74, 6) is 2.31. The van der Waals surface area contributed by atoms with Crippen LogP contribution in [0.1, 0.15) is 30.9 Å². The Morgan fingerprint density at radius 1 is 0.978 bits per heavy atom. The molecule has 0 bridgehead atoms. The number of nitrogens with one attached hydrogen (secondary N) is 2. The van der Waals surface area contributed by atoms with E-state index in [2.05, 4.69) is 43.0 Å². The van der Waals surface area contributed by atoms with Crippen LogP contribution in [-0.4, -0.2) is 87.0 Å². The van der Waals surface area contributed by atoms with Crippen LogP contribution in [0.15, 0.2) is 61.4 Å². The molecule has 12 heteroatoms. The van der Waals surface area contributed by atoms with Crippen molar-refractivity contribution in [2.45, 2.75) is 31.3 Å². The first-order valence-electron chi connectivity index (χ1n) is 15.4. The summed E-state index contributed by atoms with van der Waals surface area (Å²) in [6.45, 7) is 9.51. The predicted molar refractivity (Wildman–Crippen MR) is 174 cm³/mol. The number of hydrogen-bond donors (Lipinski definition) is 2. The minimum Gasteiger partial charge on any atom is -0.497 e. The maximum absolute atomic E-state index is 12.5. The lowest BCUT2D eigenvalue weighted by Crippen LogP contribution is -2.49. The Bertz CT molecular complexity index is 1490. The number of benzene rings is 2. The van der Waals surface area contributed by atoms with Gasteiger partial charge in [0.1, 0.15) is 23.6 Å². The molecule has 12 nitrogen and oxygen atoms in total. The van der Waals surface area contributed by atoms with Crippen LogP contribution in [0.2, 0.25) is 0 Å². The highest BCUT2D eigenvalue weighted by Crippen LogP contribution is 2.41. The second kappa shape index (κ2) is 14.1. The summed E-state index contributed by atoms with van der Waals surface area (Å²) in [4.78, 5) is 32.4. The number of amides is 1. The first-order chi connectivity index (χ1) is 22.1. The second-order valence-corrected chi connectivity index (χ2v) is 11.3. The van der Waals surface area contributed by atoms with Crippen LogP contribution in [0.3, 0.4) is 0 Å². The van der Waals surface area contributed by atoms with Crippen molar-refractivity contribution in [1.82, 2.24) is 14.9 Å². The van der Waals surface area contributed by atoms with Gasteiger partial charge < -0.3 is 29.7 Å². The third kappa shape index (κ3) is 6.98. The Hall–Kier alpha value is -4.39. The van der Waals surface area contributed by atoms with Crippen LogP contribution in [0.4, 0.5) is 28.7 Å². The number of methoxy groups -OCH3 is 2. The van der Waals surface area contributed by atoms with E-state index in [1.807, 2.05) is 41.5 Å². The SMILES string of the molecule is C=CC(=O)Nc1cc(Nc2cc(N3OCC[C@@H]3c3cccc(OC)c3)ncn2)c(OC)cc1N1CCC(N2CCOCC2)CC1. The minimum absolute atomic E-state index is 0.0234. The van der Waals surface area contributed by atoms with E-state index in [1.54, 1.807) is 14.2 Å². The summed E-state index contributed by atoms with van der Waals surface area (Å²) in [5.41, 5.74) is 3.31. The van der Waals surface area contributed by atoms with Gasteiger partial charge in [-0.25, -0.2) is 15.0 Å². The van der Waals surface area contributed by atoms with Crippen LogP contribution >= 0.6 is 0 Å². The number of morpholine rings is 1. The maximum Gasteiger partial charge on any atom is 0.247 e. The molecule has 238 valence electrons. The Balaban J connectivity index is 1.23. The van der Waals surface area contributed by atoms with Gasteiger partial charge in [0.05, 0.1) is 57.1 Å². The van der Waals surface area contributed by atoms with E-state index in [0.29, 0.717) is 41.4 Å². The van der Waals surface area contributed by atoms with Crippen molar-refractivity contribution < 1.29 is 23.8 Å². The smallest absolute Gasteiger partial charge is 0.247 e. The lowest BCUT2D eigenvalue weighted by molar-refractivity contribution is -0.111. The van der Waals surface area contributed by atoms with Crippen molar-refractivity contribution in [2.24, 2.45) is 0 Å². The molecule has 1 atom stereocenters. The summed E-state index contributed by atoms with van der Waals surface area (Å²) in [6.07, 6.45) is 5.66. The number of nitrogens with zero attached hydrogens (tertiary/aromatic N) is 5. The number of hydroxylamine groups is 1. The molecule has 3 saturated heterocycles. The molecule has 1 aromatic heterocycles. The zero-order chi connectivity index (χ0) is 31.2. The van der Waals surface area contributed by atoms with E-state index in [0.717, 1.165) is 75.7 Å². The van der Waals surface area contributed by atoms with Crippen LogP contribution in [0.25, 0.3) is 0 Å². The third-order valence-corrected chi connectivity index (χ3v) is 8.65. The number of aromatic nitrogens is 2. The number of rotatable bonds is 10. The molecule has 3 fully saturated rings. The zero-order valence-electron chi connectivity index (χ0n) is 25.9. The van der Waals surface area contributed by atoms with Crippen LogP contribution < -0.4 is 30.1 Å². The highest BCUT2D eigenvalue weighted by Gasteiger charge is 2.30. The Labute approximate surface area is 263 Å². The summed E-state index contributed by atoms with van der Waals surface area (Å²) in [5, 5.41) is 8.20. The van der Waals surface area contributed by atoms with Gasteiger partial charge in [-0.2, -0.15) is 0 Å². The highest BCUT2D eigenvalue weighted by molar-refractivity contribution is 6.02. The van der Waals surface area contributed by atoms with Crippen LogP contribution in [-0.2, 0) is 14.4 Å². The minimum atomic E-state index is -0.283. The Morgan fingerprint density at radius 2 is 1.80 bits per heavy atom. The average molecular weight is 616 g/mol. The van der Waals surface area contributed by atoms with Gasteiger partial charge in [0.15, 0.2) is 5.82 Å². The highest BCUT2D eigenvalue weighted by atomic mass is 16.7. The molecule has 0 saturated carbocycles. The van der Waals surface area contributed by atoms with Gasteiger partial charge in [-0.05, 0) is 42.7 Å². The molecule has 0 radical (unpaired) electrons. The van der Waals surface area contributed by atoms with E-state index < -0.39 is 0 Å². The molecule has 3 aromatic rings. The number of piperidine rings is 1. The van der Waals surface area contributed by atoms with Gasteiger partial charge in [-0.1, -0.05) is 18.7 Å². The van der Waals surface area contributed by atoms with Crippen molar-refractivity contribution in [2.75, 3.05) is 80.8 Å². The largest absolute Gasteiger partial charge is 0.497 e. The van der Waals surface area contributed by atoms with Crippen molar-refractivity contribution in [1.29, 1.82) is 0 Å². The fraction of sp³-hybridized carbons (Fsp3) is 0.424. The number of anilines is 5. The van der Waals surface area contributed by atoms with Crippen molar-refractivity contribution in [3.05, 3.63) is 67.0 Å². The molecule has 1 amide bonds. The maximum atomic E-state index is 12.5. The average Bonchev–Trinajstić information content (AvgIpc) is 3.59. The van der Waals surface area contributed by atoms with Crippen LogP contribution in [0.5, 0.6) is 11.5 Å². The number of hydrogen-bond acceptors (Lipinski definition) is 11. The molecule has 6 rings (SSSR count). The molecule has 45 heavy (non-hydrogen) atoms. The van der Waals surface area contributed by atoms with E-state index in [4.69, 9.17) is 19.0 Å². The lowest BCUT2D eigenvalue weighted by Gasteiger charge is -2.41. The van der Waals surface area contributed by atoms with Crippen LogP contribution in [0, 0.1) is 0 Å². The fourth-order valence-electron chi connectivity index (χ4n) is 6.32. The molecule has 3 aliphatic rings. The van der Waals surface area contributed by atoms with Crippen molar-refractivity contribution >= 4 is 34.6 Å². The summed E-state index contributed by atoms with van der Waals surface area (Å²) < 4.78 is 16.8. The Morgan fingerprint density at radius 3 is 2.56 bits per heavy atom. The predicted octanol–water partition coefficient (Wildman–Crippen LogP) is 4.55. The first-order valence-corrected chi connectivity index (χ1v) is 15.4. The van der Waals surface area contributed by atoms with Crippen molar-refractivity contribution in [3.63, 3.8) is 0 Å². The van der Waals surface area contributed by atoms with E-state index >= 15 is 0 Å². The Kier molecular flexibility index (Phi) is 9.63. The second-order valence-electron chi connectivity index (χ2n) is 11.3. The topological polar surface area (TPSA) is 114 Å². The molecule has 4 heterocycles. The summed E-state index contributed by atoms with van der Waals surface area (Å²) >= 11 is 0. The van der Waals surface area contributed by atoms with Gasteiger partial charge in [0.2, 0.25) is 5.91 Å². The molecule has 0 aliphatic carbocycles.